The molecule has 40 heavy (non-hydrogen) atoms. The highest BCUT2D eigenvalue weighted by Gasteiger charge is 2.24. The molecule has 2 aromatic carbocycles. The Morgan fingerprint density at radius 2 is 1.40 bits per heavy atom. The number of ether oxygens (including phenoxy) is 2. The molecule has 0 spiro atoms. The topological polar surface area (TPSA) is 79.8 Å². The maximum absolute atomic E-state index is 12.9. The van der Waals surface area contributed by atoms with E-state index < -0.39 is 12.1 Å². The van der Waals surface area contributed by atoms with Crippen molar-refractivity contribution < 1.29 is 19.4 Å². The minimum Gasteiger partial charge on any atom is -0.486 e. The van der Waals surface area contributed by atoms with Gasteiger partial charge in [0.1, 0.15) is 19.3 Å². The lowest BCUT2D eigenvalue weighted by Gasteiger charge is -2.26. The molecule has 0 saturated carbocycles. The molecule has 222 valence electrons. The molecule has 0 radical (unpaired) electrons. The number of aliphatic hydroxyl groups is 1. The number of carbonyl (C=O) groups excluding carboxylic acids is 1. The first-order chi connectivity index (χ1) is 19.7. The third-order valence-electron chi connectivity index (χ3n) is 7.68. The molecule has 6 nitrogen and oxygen atoms in total. The number of fused-ring (bicyclic) bond motifs is 1. The number of unbranched alkanes of at least 4 members (excludes halogenated alkanes) is 12. The van der Waals surface area contributed by atoms with E-state index in [0.717, 1.165) is 18.4 Å². The molecule has 1 unspecified atom stereocenters. The maximum atomic E-state index is 12.9. The van der Waals surface area contributed by atoms with Gasteiger partial charge >= 0.3 is 0 Å². The second kappa shape index (κ2) is 19.5. The van der Waals surface area contributed by atoms with Crippen molar-refractivity contribution in [2.24, 2.45) is 0 Å². The normalized spacial score (nSPS) is 14.1. The van der Waals surface area contributed by atoms with E-state index >= 15 is 0 Å². The van der Waals surface area contributed by atoms with Crippen LogP contribution in [-0.2, 0) is 11.3 Å². The Bertz CT molecular complexity index is 952. The summed E-state index contributed by atoms with van der Waals surface area (Å²) in [4.78, 5) is 12.9. The van der Waals surface area contributed by atoms with Gasteiger partial charge in [-0.2, -0.15) is 0 Å². The fourth-order valence-corrected chi connectivity index (χ4v) is 5.27. The fourth-order valence-electron chi connectivity index (χ4n) is 5.27. The minimum atomic E-state index is -0.866. The first-order valence-electron chi connectivity index (χ1n) is 15.8. The molecule has 1 amide bonds. The number of benzene rings is 2. The number of hydrogen-bond acceptors (Lipinski definition) is 5. The summed E-state index contributed by atoms with van der Waals surface area (Å²) in [7, 11) is 0. The SMILES string of the molecule is CCCCCCCCCCCCCCCC(=O)N[C@H](CNCc1ccccc1)C(O)c1ccc2c(c1)OCCO2. The van der Waals surface area contributed by atoms with Gasteiger partial charge in [-0.3, -0.25) is 4.79 Å². The molecule has 0 aromatic heterocycles. The number of amides is 1. The molecule has 3 N–H and O–H groups in total. The van der Waals surface area contributed by atoms with Gasteiger partial charge in [-0.15, -0.1) is 0 Å². The molecule has 0 bridgehead atoms. The van der Waals surface area contributed by atoms with Crippen LogP contribution in [0.25, 0.3) is 0 Å². The number of nitrogens with one attached hydrogen (secondary N) is 2. The van der Waals surface area contributed by atoms with Crippen LogP contribution >= 0.6 is 0 Å². The molecular weight excluding hydrogens is 500 g/mol. The Morgan fingerprint density at radius 1 is 0.800 bits per heavy atom. The highest BCUT2D eigenvalue weighted by Crippen LogP contribution is 2.33. The van der Waals surface area contributed by atoms with Crippen molar-refractivity contribution in [3.8, 4) is 11.5 Å². The van der Waals surface area contributed by atoms with Crippen LogP contribution in [-0.4, -0.2) is 36.8 Å². The van der Waals surface area contributed by atoms with Crippen molar-refractivity contribution in [3.05, 3.63) is 59.7 Å². The molecule has 1 heterocycles. The van der Waals surface area contributed by atoms with E-state index in [1.807, 2.05) is 36.4 Å². The highest BCUT2D eigenvalue weighted by molar-refractivity contribution is 5.76. The van der Waals surface area contributed by atoms with Gasteiger partial charge in [-0.25, -0.2) is 0 Å². The Balaban J connectivity index is 1.38. The smallest absolute Gasteiger partial charge is 0.220 e. The van der Waals surface area contributed by atoms with E-state index in [0.29, 0.717) is 49.8 Å². The van der Waals surface area contributed by atoms with Gasteiger partial charge in [-0.1, -0.05) is 120 Å². The van der Waals surface area contributed by atoms with Gasteiger partial charge < -0.3 is 25.2 Å². The lowest BCUT2D eigenvalue weighted by molar-refractivity contribution is -0.122. The Kier molecular flexibility index (Phi) is 15.6. The van der Waals surface area contributed by atoms with Gasteiger partial charge in [0, 0.05) is 19.5 Å². The van der Waals surface area contributed by atoms with Gasteiger partial charge in [0.25, 0.3) is 0 Å². The molecule has 2 aromatic rings. The molecule has 0 aliphatic carbocycles. The third-order valence-corrected chi connectivity index (χ3v) is 7.68. The predicted octanol–water partition coefficient (Wildman–Crippen LogP) is 7.25. The quantitative estimate of drug-likeness (QED) is 0.142. The summed E-state index contributed by atoms with van der Waals surface area (Å²) >= 11 is 0. The number of rotatable bonds is 21. The van der Waals surface area contributed by atoms with E-state index in [9.17, 15) is 9.90 Å². The third kappa shape index (κ3) is 12.3. The van der Waals surface area contributed by atoms with Gasteiger partial charge in [0.2, 0.25) is 5.91 Å². The average Bonchev–Trinajstić information content (AvgIpc) is 2.99. The van der Waals surface area contributed by atoms with Gasteiger partial charge in [-0.05, 0) is 29.7 Å². The van der Waals surface area contributed by atoms with Crippen molar-refractivity contribution in [1.82, 2.24) is 10.6 Å². The molecule has 6 heteroatoms. The van der Waals surface area contributed by atoms with Crippen molar-refractivity contribution in [3.63, 3.8) is 0 Å². The molecule has 0 saturated heterocycles. The number of aliphatic hydroxyl groups excluding tert-OH is 1. The zero-order valence-electron chi connectivity index (χ0n) is 24.7. The average molecular weight is 553 g/mol. The monoisotopic (exact) mass is 552 g/mol. The summed E-state index contributed by atoms with van der Waals surface area (Å²) in [5.41, 5.74) is 1.87. The number of carbonyl (C=O) groups is 1. The van der Waals surface area contributed by atoms with E-state index in [2.05, 4.69) is 29.7 Å². The van der Waals surface area contributed by atoms with Crippen LogP contribution in [0.4, 0.5) is 0 Å². The van der Waals surface area contributed by atoms with Crippen molar-refractivity contribution in [2.75, 3.05) is 19.8 Å². The first-order valence-corrected chi connectivity index (χ1v) is 15.8. The minimum absolute atomic E-state index is 0.00817. The zero-order chi connectivity index (χ0) is 28.3. The number of hydrogen-bond donors (Lipinski definition) is 3. The van der Waals surface area contributed by atoms with Crippen LogP contribution in [0.1, 0.15) is 114 Å². The van der Waals surface area contributed by atoms with E-state index in [1.165, 1.54) is 70.6 Å². The summed E-state index contributed by atoms with van der Waals surface area (Å²) in [6.07, 6.45) is 16.3. The summed E-state index contributed by atoms with van der Waals surface area (Å²) in [5.74, 6) is 1.32. The van der Waals surface area contributed by atoms with Crippen LogP contribution in [0.3, 0.4) is 0 Å². The largest absolute Gasteiger partial charge is 0.486 e. The van der Waals surface area contributed by atoms with E-state index in [-0.39, 0.29) is 5.91 Å². The standard InChI is InChI=1S/C34H52N2O4/c1-2-3-4-5-6-7-8-9-10-11-12-13-17-20-33(37)36-30(27-35-26-28-18-15-14-16-19-28)34(38)29-21-22-31-32(25-29)40-24-23-39-31/h14-16,18-19,21-22,25,30,34-35,38H,2-13,17,20,23-24,26-27H2,1H3,(H,36,37)/t30-,34?/m1/s1. The Labute approximate surface area is 242 Å². The molecule has 1 aliphatic heterocycles. The molecule has 1 aliphatic rings. The molecule has 3 rings (SSSR count). The molecule has 0 fully saturated rings. The van der Waals surface area contributed by atoms with Crippen molar-refractivity contribution in [1.29, 1.82) is 0 Å². The van der Waals surface area contributed by atoms with Crippen LogP contribution < -0.4 is 20.1 Å². The van der Waals surface area contributed by atoms with Crippen molar-refractivity contribution in [2.45, 2.75) is 116 Å². The summed E-state index contributed by atoms with van der Waals surface area (Å²) < 4.78 is 11.3. The Morgan fingerprint density at radius 3 is 2.05 bits per heavy atom. The molecular formula is C34H52N2O4. The van der Waals surface area contributed by atoms with Crippen molar-refractivity contribution >= 4 is 5.91 Å². The van der Waals surface area contributed by atoms with Crippen LogP contribution in [0.15, 0.2) is 48.5 Å². The Hall–Kier alpha value is -2.57. The van der Waals surface area contributed by atoms with E-state index in [4.69, 9.17) is 9.47 Å². The lowest BCUT2D eigenvalue weighted by atomic mass is 10.0. The zero-order valence-corrected chi connectivity index (χ0v) is 24.7. The van der Waals surface area contributed by atoms with E-state index in [1.54, 1.807) is 0 Å². The summed E-state index contributed by atoms with van der Waals surface area (Å²) in [5, 5.41) is 17.8. The van der Waals surface area contributed by atoms with Gasteiger partial charge in [0.05, 0.1) is 6.04 Å². The maximum Gasteiger partial charge on any atom is 0.220 e. The summed E-state index contributed by atoms with van der Waals surface area (Å²) in [6.45, 7) is 4.40. The molecule has 2 atom stereocenters. The second-order valence-corrected chi connectivity index (χ2v) is 11.1. The lowest BCUT2D eigenvalue weighted by Crippen LogP contribution is -2.45. The van der Waals surface area contributed by atoms with Crippen LogP contribution in [0.2, 0.25) is 0 Å². The first kappa shape index (κ1) is 32.0. The summed E-state index contributed by atoms with van der Waals surface area (Å²) in [6, 6.07) is 15.2. The second-order valence-electron chi connectivity index (χ2n) is 11.1. The van der Waals surface area contributed by atoms with Crippen LogP contribution in [0.5, 0.6) is 11.5 Å². The predicted molar refractivity (Wildman–Crippen MR) is 163 cm³/mol. The fraction of sp³-hybridized carbons (Fsp3) is 0.618. The highest BCUT2D eigenvalue weighted by atomic mass is 16.6. The van der Waals surface area contributed by atoms with Gasteiger partial charge in [0.15, 0.2) is 11.5 Å². The van der Waals surface area contributed by atoms with Crippen LogP contribution in [0, 0.1) is 0 Å².